The van der Waals surface area contributed by atoms with Crippen molar-refractivity contribution in [1.29, 1.82) is 0 Å². The first-order valence-electron chi connectivity index (χ1n) is 9.10. The lowest BCUT2D eigenvalue weighted by atomic mass is 9.70. The Morgan fingerprint density at radius 3 is 2.27 bits per heavy atom. The SMILES string of the molecule is CC(C)(C)c1ccc(SOS(=O)(=O)CC23CCC(CC2=O)C3(C)C)cc1. The van der Waals surface area contributed by atoms with E-state index in [1.165, 1.54) is 5.56 Å². The number of fused-ring (bicyclic) bond motifs is 2. The van der Waals surface area contributed by atoms with Crippen LogP contribution < -0.4 is 0 Å². The van der Waals surface area contributed by atoms with Gasteiger partial charge in [-0.2, -0.15) is 12.0 Å². The molecule has 2 unspecified atom stereocenters. The summed E-state index contributed by atoms with van der Waals surface area (Å²) in [7, 11) is -3.81. The Morgan fingerprint density at radius 2 is 1.81 bits per heavy atom. The minimum absolute atomic E-state index is 0.0444. The third-order valence-corrected chi connectivity index (χ3v) is 8.93. The summed E-state index contributed by atoms with van der Waals surface area (Å²) in [6.45, 7) is 10.5. The van der Waals surface area contributed by atoms with Gasteiger partial charge in [0.25, 0.3) is 10.1 Å². The van der Waals surface area contributed by atoms with Crippen molar-refractivity contribution < 1.29 is 16.8 Å². The summed E-state index contributed by atoms with van der Waals surface area (Å²) >= 11 is 0.855. The van der Waals surface area contributed by atoms with Gasteiger partial charge in [0.1, 0.15) is 5.78 Å². The fraction of sp³-hybridized carbons (Fsp3) is 0.650. The molecular weight excluding hydrogens is 368 g/mol. The highest BCUT2D eigenvalue weighted by Gasteiger charge is 2.65. The van der Waals surface area contributed by atoms with E-state index in [0.717, 1.165) is 23.4 Å². The summed E-state index contributed by atoms with van der Waals surface area (Å²) < 4.78 is 30.4. The Bertz CT molecular complexity index is 803. The molecular formula is C20H28O4S2. The third-order valence-electron chi connectivity index (χ3n) is 6.52. The predicted octanol–water partition coefficient (Wildman–Crippen LogP) is 4.73. The van der Waals surface area contributed by atoms with Gasteiger partial charge in [-0.05, 0) is 47.3 Å². The molecule has 4 nitrogen and oxygen atoms in total. The van der Waals surface area contributed by atoms with Gasteiger partial charge in [-0.1, -0.05) is 46.8 Å². The molecule has 0 saturated heterocycles. The van der Waals surface area contributed by atoms with Gasteiger partial charge >= 0.3 is 0 Å². The highest BCUT2D eigenvalue weighted by molar-refractivity contribution is 8.04. The average molecular weight is 397 g/mol. The normalized spacial score (nSPS) is 27.9. The molecule has 2 saturated carbocycles. The Morgan fingerprint density at radius 1 is 1.19 bits per heavy atom. The highest BCUT2D eigenvalue weighted by atomic mass is 32.3. The molecule has 1 aromatic rings. The first kappa shape index (κ1) is 19.9. The van der Waals surface area contributed by atoms with Crippen LogP contribution in [0.5, 0.6) is 0 Å². The van der Waals surface area contributed by atoms with Gasteiger partial charge in [-0.15, -0.1) is 0 Å². The van der Waals surface area contributed by atoms with Crippen LogP contribution in [0, 0.1) is 16.7 Å². The van der Waals surface area contributed by atoms with Crippen molar-refractivity contribution in [1.82, 2.24) is 0 Å². The summed E-state index contributed by atoms with van der Waals surface area (Å²) in [5, 5.41) is 0. The minimum Gasteiger partial charge on any atom is -0.299 e. The fourth-order valence-electron chi connectivity index (χ4n) is 4.54. The number of carbonyl (C=O) groups is 1. The van der Waals surface area contributed by atoms with Gasteiger partial charge in [0.15, 0.2) is 0 Å². The van der Waals surface area contributed by atoms with E-state index in [4.69, 9.17) is 3.63 Å². The highest BCUT2D eigenvalue weighted by Crippen LogP contribution is 2.64. The molecule has 2 aliphatic carbocycles. The summed E-state index contributed by atoms with van der Waals surface area (Å²) in [6.07, 6.45) is 2.08. The van der Waals surface area contributed by atoms with Crippen LogP contribution in [0.1, 0.15) is 59.4 Å². The number of rotatable bonds is 5. The van der Waals surface area contributed by atoms with E-state index < -0.39 is 15.5 Å². The van der Waals surface area contributed by atoms with E-state index in [0.29, 0.717) is 18.8 Å². The molecule has 0 aliphatic heterocycles. The van der Waals surface area contributed by atoms with Crippen molar-refractivity contribution in [3.63, 3.8) is 0 Å². The van der Waals surface area contributed by atoms with Crippen LogP contribution in [0.2, 0.25) is 0 Å². The van der Waals surface area contributed by atoms with Crippen LogP contribution in [-0.4, -0.2) is 20.0 Å². The van der Waals surface area contributed by atoms with Gasteiger partial charge in [0.2, 0.25) is 0 Å². The quantitative estimate of drug-likeness (QED) is 0.673. The number of Topliss-reactive ketones (excluding diaryl/α,β-unsaturated/α-hetero) is 1. The number of hydrogen-bond acceptors (Lipinski definition) is 5. The van der Waals surface area contributed by atoms with Crippen LogP contribution in [0.4, 0.5) is 0 Å². The molecule has 26 heavy (non-hydrogen) atoms. The smallest absolute Gasteiger partial charge is 0.279 e. The molecule has 0 N–H and O–H groups in total. The van der Waals surface area contributed by atoms with E-state index in [2.05, 4.69) is 20.8 Å². The van der Waals surface area contributed by atoms with Crippen LogP contribution in [0.15, 0.2) is 29.2 Å². The first-order chi connectivity index (χ1) is 11.9. The Balaban J connectivity index is 1.69. The Labute approximate surface area is 161 Å². The van der Waals surface area contributed by atoms with Crippen molar-refractivity contribution in [2.45, 2.75) is 64.2 Å². The zero-order chi connectivity index (χ0) is 19.4. The summed E-state index contributed by atoms with van der Waals surface area (Å²) in [5.41, 5.74) is 0.161. The predicted molar refractivity (Wildman–Crippen MR) is 104 cm³/mol. The van der Waals surface area contributed by atoms with E-state index in [-0.39, 0.29) is 22.4 Å². The molecule has 1 aromatic carbocycles. The van der Waals surface area contributed by atoms with Gasteiger partial charge in [-0.25, -0.2) is 0 Å². The summed E-state index contributed by atoms with van der Waals surface area (Å²) in [5.74, 6) is 0.170. The number of hydrogen-bond donors (Lipinski definition) is 0. The zero-order valence-corrected chi connectivity index (χ0v) is 17.8. The van der Waals surface area contributed by atoms with Gasteiger partial charge < -0.3 is 0 Å². The lowest BCUT2D eigenvalue weighted by Gasteiger charge is -2.35. The fourth-order valence-corrected chi connectivity index (χ4v) is 6.99. The molecule has 0 spiro atoms. The molecule has 6 heteroatoms. The van der Waals surface area contributed by atoms with E-state index in [9.17, 15) is 13.2 Å². The van der Waals surface area contributed by atoms with Crippen LogP contribution in [-0.2, 0) is 24.0 Å². The molecule has 144 valence electrons. The van der Waals surface area contributed by atoms with E-state index >= 15 is 0 Å². The maximum atomic E-state index is 12.6. The first-order valence-corrected chi connectivity index (χ1v) is 11.4. The van der Waals surface area contributed by atoms with Gasteiger partial charge in [0.05, 0.1) is 11.2 Å². The van der Waals surface area contributed by atoms with Gasteiger partial charge in [-0.3, -0.25) is 4.79 Å². The number of benzene rings is 1. The monoisotopic (exact) mass is 396 g/mol. The largest absolute Gasteiger partial charge is 0.299 e. The van der Waals surface area contributed by atoms with Crippen LogP contribution in [0.25, 0.3) is 0 Å². The number of carbonyl (C=O) groups excluding carboxylic acids is 1. The van der Waals surface area contributed by atoms with Gasteiger partial charge in [0, 0.05) is 23.4 Å². The minimum atomic E-state index is -3.81. The maximum Gasteiger partial charge on any atom is 0.279 e. The van der Waals surface area contributed by atoms with Crippen LogP contribution >= 0.6 is 12.0 Å². The van der Waals surface area contributed by atoms with Crippen molar-refractivity contribution in [2.75, 3.05) is 5.75 Å². The lowest BCUT2D eigenvalue weighted by Crippen LogP contribution is -2.42. The third kappa shape index (κ3) is 3.36. The molecule has 2 fully saturated rings. The topological polar surface area (TPSA) is 60.4 Å². The molecule has 0 radical (unpaired) electrons. The molecule has 0 aromatic heterocycles. The second-order valence-electron chi connectivity index (χ2n) is 9.29. The molecule has 2 aliphatic rings. The molecule has 0 amide bonds. The van der Waals surface area contributed by atoms with E-state index in [1.54, 1.807) is 0 Å². The van der Waals surface area contributed by atoms with Crippen molar-refractivity contribution in [3.8, 4) is 0 Å². The van der Waals surface area contributed by atoms with E-state index in [1.807, 2.05) is 38.1 Å². The standard InChI is InChI=1S/C20H28O4S2/c1-18(2,3)14-6-8-16(9-7-14)25-24-26(22,23)13-20-11-10-15(12-17(20)21)19(20,4)5/h6-9,15H,10-13H2,1-5H3. The number of ketones is 1. The zero-order valence-electron chi connectivity index (χ0n) is 16.2. The van der Waals surface area contributed by atoms with Crippen molar-refractivity contribution in [3.05, 3.63) is 29.8 Å². The average Bonchev–Trinajstić information content (AvgIpc) is 2.86. The second kappa shape index (κ2) is 6.35. The molecule has 0 heterocycles. The Hall–Kier alpha value is -0.850. The molecule has 2 atom stereocenters. The second-order valence-corrected chi connectivity index (χ2v) is 11.9. The maximum absolute atomic E-state index is 12.6. The van der Waals surface area contributed by atoms with Crippen molar-refractivity contribution in [2.24, 2.45) is 16.7 Å². The molecule has 2 bridgehead atoms. The molecule has 3 rings (SSSR count). The Kier molecular flexibility index (Phi) is 4.86. The lowest BCUT2D eigenvalue weighted by molar-refractivity contribution is -0.128. The summed E-state index contributed by atoms with van der Waals surface area (Å²) in [6, 6.07) is 7.72. The van der Waals surface area contributed by atoms with Crippen LogP contribution in [0.3, 0.4) is 0 Å². The summed E-state index contributed by atoms with van der Waals surface area (Å²) in [4.78, 5) is 13.3. The van der Waals surface area contributed by atoms with Crippen molar-refractivity contribution >= 4 is 27.9 Å².